The summed E-state index contributed by atoms with van der Waals surface area (Å²) in [5.41, 5.74) is -0.255. The van der Waals surface area contributed by atoms with Crippen LogP contribution in [-0.2, 0) is 6.54 Å². The van der Waals surface area contributed by atoms with Gasteiger partial charge in [0.05, 0.1) is 0 Å². The Kier molecular flexibility index (Phi) is 4.94. The molecule has 0 bridgehead atoms. The molecule has 1 heterocycles. The Balaban J connectivity index is 2.32. The fourth-order valence-electron chi connectivity index (χ4n) is 1.31. The number of H-pyrrole nitrogens is 2. The normalized spacial score (nSPS) is 10.9. The highest BCUT2D eigenvalue weighted by atomic mass is 16.2. The van der Waals surface area contributed by atoms with Crippen LogP contribution in [0.25, 0.3) is 0 Å². The zero-order valence-corrected chi connectivity index (χ0v) is 9.67. The summed E-state index contributed by atoms with van der Waals surface area (Å²) < 4.78 is 0. The molecule has 16 heavy (non-hydrogen) atoms. The first-order valence-electron chi connectivity index (χ1n) is 5.26. The Hall–Kier alpha value is -1.40. The maximum Gasteiger partial charge on any atom is 0.325 e. The first kappa shape index (κ1) is 12.7. The van der Waals surface area contributed by atoms with Crippen LogP contribution in [0.1, 0.15) is 12.0 Å². The zero-order chi connectivity index (χ0) is 12.0. The van der Waals surface area contributed by atoms with Crippen molar-refractivity contribution in [3.8, 4) is 0 Å². The van der Waals surface area contributed by atoms with Gasteiger partial charge in [-0.05, 0) is 33.6 Å². The largest absolute Gasteiger partial charge is 0.325 e. The van der Waals surface area contributed by atoms with Gasteiger partial charge < -0.3 is 15.2 Å². The lowest BCUT2D eigenvalue weighted by atomic mass is 10.3. The smallest absolute Gasteiger partial charge is 0.314 e. The maximum absolute atomic E-state index is 11.3. The van der Waals surface area contributed by atoms with E-state index in [0.717, 1.165) is 19.5 Å². The number of nitrogens with zero attached hydrogens (tertiary/aromatic N) is 1. The van der Waals surface area contributed by atoms with Crippen molar-refractivity contribution in [2.75, 3.05) is 27.2 Å². The summed E-state index contributed by atoms with van der Waals surface area (Å²) in [6.45, 7) is 2.32. The molecule has 1 rings (SSSR count). The topological polar surface area (TPSA) is 81.0 Å². The first-order chi connectivity index (χ1) is 7.59. The van der Waals surface area contributed by atoms with Gasteiger partial charge >= 0.3 is 5.69 Å². The fraction of sp³-hybridized carbons (Fsp3) is 0.600. The molecule has 0 radical (unpaired) electrons. The Bertz CT molecular complexity index is 421. The van der Waals surface area contributed by atoms with E-state index in [0.29, 0.717) is 12.1 Å². The lowest BCUT2D eigenvalue weighted by Gasteiger charge is -2.09. The van der Waals surface area contributed by atoms with Crippen LogP contribution in [0, 0.1) is 0 Å². The minimum absolute atomic E-state index is 0.330. The van der Waals surface area contributed by atoms with Crippen molar-refractivity contribution in [3.05, 3.63) is 32.6 Å². The third kappa shape index (κ3) is 4.41. The summed E-state index contributed by atoms with van der Waals surface area (Å²) in [4.78, 5) is 28.8. The molecule has 0 saturated heterocycles. The third-order valence-corrected chi connectivity index (χ3v) is 2.17. The molecule has 0 saturated carbocycles. The molecule has 1 aromatic heterocycles. The van der Waals surface area contributed by atoms with E-state index in [9.17, 15) is 9.59 Å². The van der Waals surface area contributed by atoms with Crippen molar-refractivity contribution in [2.24, 2.45) is 0 Å². The molecule has 0 aliphatic carbocycles. The van der Waals surface area contributed by atoms with Crippen LogP contribution in [0.3, 0.4) is 0 Å². The maximum atomic E-state index is 11.3. The van der Waals surface area contributed by atoms with E-state index >= 15 is 0 Å². The van der Waals surface area contributed by atoms with Crippen molar-refractivity contribution in [1.29, 1.82) is 0 Å². The minimum Gasteiger partial charge on any atom is -0.314 e. The van der Waals surface area contributed by atoms with Crippen molar-refractivity contribution in [1.82, 2.24) is 20.2 Å². The quantitative estimate of drug-likeness (QED) is 0.549. The molecule has 90 valence electrons. The molecular formula is C10H18N4O2. The Morgan fingerprint density at radius 1 is 1.38 bits per heavy atom. The SMILES string of the molecule is CN(C)CCCNCc1c[nH]c(=O)[nH]c1=O. The van der Waals surface area contributed by atoms with Crippen molar-refractivity contribution in [3.63, 3.8) is 0 Å². The van der Waals surface area contributed by atoms with Gasteiger partial charge in [-0.25, -0.2) is 4.79 Å². The van der Waals surface area contributed by atoms with E-state index in [1.54, 1.807) is 0 Å². The highest BCUT2D eigenvalue weighted by molar-refractivity contribution is 5.02. The highest BCUT2D eigenvalue weighted by Crippen LogP contribution is 1.85. The van der Waals surface area contributed by atoms with Crippen molar-refractivity contribution < 1.29 is 0 Å². The zero-order valence-electron chi connectivity index (χ0n) is 9.67. The fourth-order valence-corrected chi connectivity index (χ4v) is 1.31. The van der Waals surface area contributed by atoms with Crippen LogP contribution in [-0.4, -0.2) is 42.1 Å². The Labute approximate surface area is 93.7 Å². The molecule has 6 nitrogen and oxygen atoms in total. The molecule has 3 N–H and O–H groups in total. The van der Waals surface area contributed by atoms with Crippen LogP contribution in [0.5, 0.6) is 0 Å². The average molecular weight is 226 g/mol. The van der Waals surface area contributed by atoms with Gasteiger partial charge in [-0.1, -0.05) is 0 Å². The van der Waals surface area contributed by atoms with E-state index in [-0.39, 0.29) is 5.56 Å². The molecule has 6 heteroatoms. The van der Waals surface area contributed by atoms with Gasteiger partial charge in [0.15, 0.2) is 0 Å². The van der Waals surface area contributed by atoms with E-state index in [2.05, 4.69) is 20.2 Å². The van der Waals surface area contributed by atoms with Crippen LogP contribution in [0.15, 0.2) is 15.8 Å². The molecular weight excluding hydrogens is 208 g/mol. The van der Waals surface area contributed by atoms with Crippen LogP contribution >= 0.6 is 0 Å². The van der Waals surface area contributed by atoms with Gasteiger partial charge in [0, 0.05) is 18.3 Å². The molecule has 0 spiro atoms. The second kappa shape index (κ2) is 6.24. The van der Waals surface area contributed by atoms with E-state index in [4.69, 9.17) is 0 Å². The highest BCUT2D eigenvalue weighted by Gasteiger charge is 1.99. The second-order valence-corrected chi connectivity index (χ2v) is 3.93. The second-order valence-electron chi connectivity index (χ2n) is 3.93. The molecule has 0 aromatic carbocycles. The van der Waals surface area contributed by atoms with Gasteiger partial charge in [0.2, 0.25) is 0 Å². The minimum atomic E-state index is -0.471. The standard InChI is InChI=1S/C10H18N4O2/c1-14(2)5-3-4-11-6-8-7-12-10(16)13-9(8)15/h7,11H,3-6H2,1-2H3,(H2,12,13,15,16). The van der Waals surface area contributed by atoms with Gasteiger partial charge in [-0.15, -0.1) is 0 Å². The predicted molar refractivity (Wildman–Crippen MR) is 62.6 cm³/mol. The van der Waals surface area contributed by atoms with Gasteiger partial charge in [0.1, 0.15) is 0 Å². The van der Waals surface area contributed by atoms with E-state index < -0.39 is 5.69 Å². The van der Waals surface area contributed by atoms with Crippen molar-refractivity contribution >= 4 is 0 Å². The molecule has 1 aromatic rings. The summed E-state index contributed by atoms with van der Waals surface area (Å²) in [5.74, 6) is 0. The van der Waals surface area contributed by atoms with Gasteiger partial charge in [-0.2, -0.15) is 0 Å². The number of aromatic nitrogens is 2. The summed E-state index contributed by atoms with van der Waals surface area (Å²) in [6.07, 6.45) is 2.47. The molecule has 0 aliphatic rings. The Morgan fingerprint density at radius 2 is 2.12 bits per heavy atom. The first-order valence-corrected chi connectivity index (χ1v) is 5.26. The third-order valence-electron chi connectivity index (χ3n) is 2.17. The number of rotatable bonds is 6. The monoisotopic (exact) mass is 226 g/mol. The molecule has 0 atom stereocenters. The summed E-state index contributed by atoms with van der Waals surface area (Å²) in [5, 5.41) is 3.15. The van der Waals surface area contributed by atoms with Gasteiger partial charge in [0.25, 0.3) is 5.56 Å². The number of aromatic amines is 2. The van der Waals surface area contributed by atoms with Crippen LogP contribution < -0.4 is 16.6 Å². The molecule has 0 aliphatic heterocycles. The predicted octanol–water partition coefficient (Wildman–Crippen LogP) is -0.895. The van der Waals surface area contributed by atoms with Gasteiger partial charge in [-0.3, -0.25) is 9.78 Å². The van der Waals surface area contributed by atoms with E-state index in [1.807, 2.05) is 14.1 Å². The molecule has 0 fully saturated rings. The lowest BCUT2D eigenvalue weighted by Crippen LogP contribution is -2.28. The van der Waals surface area contributed by atoms with Crippen molar-refractivity contribution in [2.45, 2.75) is 13.0 Å². The summed E-state index contributed by atoms with van der Waals surface area (Å²) in [6, 6.07) is 0. The number of hydrogen-bond donors (Lipinski definition) is 3. The lowest BCUT2D eigenvalue weighted by molar-refractivity contribution is 0.394. The Morgan fingerprint density at radius 3 is 2.75 bits per heavy atom. The summed E-state index contributed by atoms with van der Waals surface area (Å²) >= 11 is 0. The molecule has 0 amide bonds. The summed E-state index contributed by atoms with van der Waals surface area (Å²) in [7, 11) is 4.04. The average Bonchev–Trinajstić information content (AvgIpc) is 2.20. The van der Waals surface area contributed by atoms with Crippen LogP contribution in [0.2, 0.25) is 0 Å². The van der Waals surface area contributed by atoms with E-state index in [1.165, 1.54) is 6.20 Å². The molecule has 0 unspecified atom stereocenters. The number of nitrogens with one attached hydrogen (secondary N) is 3. The number of hydrogen-bond acceptors (Lipinski definition) is 4. The van der Waals surface area contributed by atoms with Crippen LogP contribution in [0.4, 0.5) is 0 Å².